The van der Waals surface area contributed by atoms with Gasteiger partial charge in [0.05, 0.1) is 22.9 Å². The van der Waals surface area contributed by atoms with E-state index in [2.05, 4.69) is 15.3 Å². The van der Waals surface area contributed by atoms with E-state index < -0.39 is 5.51 Å². The first-order valence-electron chi connectivity index (χ1n) is 8.88. The van der Waals surface area contributed by atoms with Gasteiger partial charge >= 0.3 is 5.51 Å². The van der Waals surface area contributed by atoms with Crippen molar-refractivity contribution in [2.75, 3.05) is 25.6 Å². The van der Waals surface area contributed by atoms with Crippen LogP contribution >= 0.6 is 34.4 Å². The van der Waals surface area contributed by atoms with Crippen molar-refractivity contribution < 1.29 is 27.8 Å². The highest BCUT2D eigenvalue weighted by Crippen LogP contribution is 2.37. The second kappa shape index (κ2) is 12.0. The molecule has 0 spiro atoms. The number of aldehydes is 1. The molecule has 3 aromatic rings. The summed E-state index contributed by atoms with van der Waals surface area (Å²) < 4.78 is 41.0. The SMILES string of the molecule is CNc1nc(-c2sc(OCCO)nc2C)cs1.O=CCc1ccc(SC(F)(F)F)cc1. The molecule has 31 heavy (non-hydrogen) atoms. The van der Waals surface area contributed by atoms with Crippen LogP contribution in [-0.4, -0.2) is 47.1 Å². The smallest absolute Gasteiger partial charge is 0.446 e. The summed E-state index contributed by atoms with van der Waals surface area (Å²) in [6.45, 7) is 2.19. The largest absolute Gasteiger partial charge is 0.468 e. The summed E-state index contributed by atoms with van der Waals surface area (Å²) in [7, 11) is 1.85. The number of anilines is 1. The highest BCUT2D eigenvalue weighted by Gasteiger charge is 2.28. The van der Waals surface area contributed by atoms with E-state index >= 15 is 0 Å². The number of hydrogen-bond acceptors (Lipinski definition) is 9. The zero-order chi connectivity index (χ0) is 22.9. The van der Waals surface area contributed by atoms with Gasteiger partial charge in [-0.3, -0.25) is 0 Å². The topological polar surface area (TPSA) is 84.3 Å². The van der Waals surface area contributed by atoms with Crippen molar-refractivity contribution in [1.29, 1.82) is 0 Å². The molecule has 3 rings (SSSR count). The molecule has 0 aliphatic carbocycles. The van der Waals surface area contributed by atoms with Gasteiger partial charge in [0.1, 0.15) is 12.9 Å². The molecular weight excluding hydrogens is 471 g/mol. The quantitative estimate of drug-likeness (QED) is 0.338. The molecular formula is C19H20F3N3O3S3. The number of aryl methyl sites for hydroxylation is 1. The zero-order valence-corrected chi connectivity index (χ0v) is 19.1. The number of carbonyl (C=O) groups excluding carboxylic acids is 1. The molecule has 0 amide bonds. The zero-order valence-electron chi connectivity index (χ0n) is 16.6. The van der Waals surface area contributed by atoms with Crippen molar-refractivity contribution >= 4 is 45.9 Å². The van der Waals surface area contributed by atoms with Gasteiger partial charge in [-0.2, -0.15) is 13.2 Å². The highest BCUT2D eigenvalue weighted by molar-refractivity contribution is 8.00. The fraction of sp³-hybridized carbons (Fsp3) is 0.316. The molecule has 2 aromatic heterocycles. The monoisotopic (exact) mass is 491 g/mol. The number of carbonyl (C=O) groups is 1. The van der Waals surface area contributed by atoms with Crippen LogP contribution in [0.25, 0.3) is 10.6 Å². The summed E-state index contributed by atoms with van der Waals surface area (Å²) in [6, 6.07) is 5.75. The molecule has 6 nitrogen and oxygen atoms in total. The Labute approximate surface area is 189 Å². The molecule has 0 atom stereocenters. The van der Waals surface area contributed by atoms with E-state index in [0.29, 0.717) is 17.0 Å². The molecule has 168 valence electrons. The molecule has 0 saturated heterocycles. The summed E-state index contributed by atoms with van der Waals surface area (Å²) in [4.78, 5) is 20.0. The molecule has 12 heteroatoms. The Morgan fingerprint density at radius 3 is 2.52 bits per heavy atom. The van der Waals surface area contributed by atoms with Gasteiger partial charge in [-0.25, -0.2) is 9.97 Å². The lowest BCUT2D eigenvalue weighted by Gasteiger charge is -2.05. The second-order valence-corrected chi connectivity index (χ2v) is 8.77. The van der Waals surface area contributed by atoms with Crippen molar-refractivity contribution in [1.82, 2.24) is 9.97 Å². The fourth-order valence-corrected chi connectivity index (χ4v) is 4.40. The number of thiazole rings is 2. The normalized spacial score (nSPS) is 10.9. The molecule has 1 aromatic carbocycles. The number of hydrogen-bond donors (Lipinski definition) is 2. The number of aliphatic hydroxyl groups excluding tert-OH is 1. The second-order valence-electron chi connectivity index (χ2n) is 5.82. The van der Waals surface area contributed by atoms with E-state index in [4.69, 9.17) is 9.84 Å². The molecule has 2 heterocycles. The van der Waals surface area contributed by atoms with Gasteiger partial charge in [0.15, 0.2) is 5.13 Å². The predicted molar refractivity (Wildman–Crippen MR) is 118 cm³/mol. The van der Waals surface area contributed by atoms with Gasteiger partial charge in [-0.05, 0) is 36.4 Å². The maximum atomic E-state index is 11.9. The van der Waals surface area contributed by atoms with Crippen LogP contribution in [0.3, 0.4) is 0 Å². The van der Waals surface area contributed by atoms with Gasteiger partial charge in [-0.15, -0.1) is 11.3 Å². The van der Waals surface area contributed by atoms with Crippen molar-refractivity contribution in [2.45, 2.75) is 23.7 Å². The Hall–Kier alpha value is -2.15. The van der Waals surface area contributed by atoms with E-state index in [1.807, 2.05) is 19.4 Å². The molecule has 2 N–H and O–H groups in total. The number of aromatic nitrogens is 2. The van der Waals surface area contributed by atoms with Gasteiger partial charge < -0.3 is 20.0 Å². The minimum absolute atomic E-state index is 0.00539. The number of halogens is 3. The highest BCUT2D eigenvalue weighted by atomic mass is 32.2. The number of aliphatic hydroxyl groups is 1. The van der Waals surface area contributed by atoms with Crippen LogP contribution in [-0.2, 0) is 11.2 Å². The number of ether oxygens (including phenoxy) is 1. The lowest BCUT2D eigenvalue weighted by Crippen LogP contribution is -2.00. The van der Waals surface area contributed by atoms with Crippen LogP contribution in [0.4, 0.5) is 18.3 Å². The van der Waals surface area contributed by atoms with E-state index in [0.717, 1.165) is 21.4 Å². The average Bonchev–Trinajstić information content (AvgIpc) is 3.33. The van der Waals surface area contributed by atoms with Crippen LogP contribution in [0, 0.1) is 6.92 Å². The number of alkyl halides is 3. The minimum atomic E-state index is -4.26. The Morgan fingerprint density at radius 1 is 1.26 bits per heavy atom. The molecule has 0 aliphatic rings. The third-order valence-electron chi connectivity index (χ3n) is 3.52. The summed E-state index contributed by atoms with van der Waals surface area (Å²) in [5.41, 5.74) is -1.73. The summed E-state index contributed by atoms with van der Waals surface area (Å²) in [5, 5.41) is 15.1. The van der Waals surface area contributed by atoms with Gasteiger partial charge in [-0.1, -0.05) is 23.5 Å². The molecule has 0 aliphatic heterocycles. The number of thioether (sulfide) groups is 1. The van der Waals surface area contributed by atoms with E-state index in [1.165, 1.54) is 35.6 Å². The predicted octanol–water partition coefficient (Wildman–Crippen LogP) is 5.03. The van der Waals surface area contributed by atoms with Crippen molar-refractivity contribution in [3.05, 3.63) is 40.9 Å². The van der Waals surface area contributed by atoms with Crippen LogP contribution in [0.2, 0.25) is 0 Å². The van der Waals surface area contributed by atoms with E-state index in [-0.39, 0.29) is 36.3 Å². The van der Waals surface area contributed by atoms with Crippen LogP contribution in [0.5, 0.6) is 5.19 Å². The maximum Gasteiger partial charge on any atom is 0.446 e. The van der Waals surface area contributed by atoms with Crippen molar-refractivity contribution in [2.24, 2.45) is 0 Å². The standard InChI is InChI=1S/C10H13N3O2S2.C9H7F3OS/c1-6-8(7-5-16-9(11-2)13-7)17-10(12-6)15-4-3-14;10-9(11,12)14-8-3-1-7(2-4-8)5-6-13/h5,14H,3-4H2,1-2H3,(H,11,13);1-4,6H,5H2. The number of nitrogens with zero attached hydrogens (tertiary/aromatic N) is 2. The van der Waals surface area contributed by atoms with Crippen LogP contribution in [0.1, 0.15) is 11.3 Å². The molecule has 0 bridgehead atoms. The van der Waals surface area contributed by atoms with E-state index in [9.17, 15) is 18.0 Å². The maximum absolute atomic E-state index is 11.9. The number of rotatable bonds is 8. The summed E-state index contributed by atoms with van der Waals surface area (Å²) in [5.74, 6) is 0. The third-order valence-corrected chi connectivity index (χ3v) is 6.21. The molecule has 0 unspecified atom stereocenters. The average molecular weight is 492 g/mol. The van der Waals surface area contributed by atoms with Gasteiger partial charge in [0.2, 0.25) is 0 Å². The van der Waals surface area contributed by atoms with Crippen LogP contribution < -0.4 is 10.1 Å². The first kappa shape index (κ1) is 25.1. The summed E-state index contributed by atoms with van der Waals surface area (Å²) >= 11 is 2.84. The Balaban J connectivity index is 0.000000225. The van der Waals surface area contributed by atoms with Crippen molar-refractivity contribution in [3.63, 3.8) is 0 Å². The Morgan fingerprint density at radius 2 is 1.97 bits per heavy atom. The fourth-order valence-electron chi connectivity index (χ4n) is 2.22. The van der Waals surface area contributed by atoms with Gasteiger partial charge in [0.25, 0.3) is 5.19 Å². The lowest BCUT2D eigenvalue weighted by molar-refractivity contribution is -0.107. The third kappa shape index (κ3) is 8.48. The summed E-state index contributed by atoms with van der Waals surface area (Å²) in [6.07, 6.45) is 0.947. The molecule has 0 radical (unpaired) electrons. The van der Waals surface area contributed by atoms with Crippen LogP contribution in [0.15, 0.2) is 34.5 Å². The lowest BCUT2D eigenvalue weighted by atomic mass is 10.2. The van der Waals surface area contributed by atoms with Gasteiger partial charge in [0, 0.05) is 23.7 Å². The first-order chi connectivity index (χ1) is 14.8. The first-order valence-corrected chi connectivity index (χ1v) is 11.4. The molecule has 0 fully saturated rings. The van der Waals surface area contributed by atoms with E-state index in [1.54, 1.807) is 11.3 Å². The number of benzene rings is 1. The number of nitrogens with one attached hydrogen (secondary N) is 1. The Bertz CT molecular complexity index is 960. The Kier molecular flexibility index (Phi) is 9.75. The molecule has 0 saturated carbocycles. The van der Waals surface area contributed by atoms with Crippen molar-refractivity contribution in [3.8, 4) is 15.8 Å². The minimum Gasteiger partial charge on any atom is -0.468 e.